The second-order valence-electron chi connectivity index (χ2n) is 3.85. The van der Waals surface area contributed by atoms with E-state index < -0.39 is 5.60 Å². The lowest BCUT2D eigenvalue weighted by molar-refractivity contribution is 0.0434. The van der Waals surface area contributed by atoms with Crippen LogP contribution >= 0.6 is 0 Å². The van der Waals surface area contributed by atoms with Gasteiger partial charge in [0.25, 0.3) is 0 Å². The van der Waals surface area contributed by atoms with E-state index in [9.17, 15) is 5.11 Å². The van der Waals surface area contributed by atoms with Crippen LogP contribution in [0.25, 0.3) is 0 Å². The molecule has 2 aliphatic carbocycles. The van der Waals surface area contributed by atoms with Crippen LogP contribution in [0.4, 0.5) is 0 Å². The number of hydrogen-bond acceptors (Lipinski definition) is 1. The molecule has 2 bridgehead atoms. The molecule has 0 aromatic carbocycles. The van der Waals surface area contributed by atoms with E-state index in [-0.39, 0.29) is 0 Å². The first kappa shape index (κ1) is 6.41. The quantitative estimate of drug-likeness (QED) is 0.505. The molecule has 1 N–H and O–H groups in total. The van der Waals surface area contributed by atoms with Crippen LogP contribution in [0.3, 0.4) is 0 Å². The molecule has 2 aliphatic rings. The monoisotopic (exact) mass is 138 g/mol. The van der Waals surface area contributed by atoms with Gasteiger partial charge in [0.05, 0.1) is 5.60 Å². The Labute approximate surface area is 61.8 Å². The van der Waals surface area contributed by atoms with Crippen LogP contribution in [0.2, 0.25) is 0 Å². The topological polar surface area (TPSA) is 20.2 Å². The Balaban J connectivity index is 2.27. The van der Waals surface area contributed by atoms with E-state index in [0.29, 0.717) is 5.92 Å². The maximum atomic E-state index is 9.77. The molecule has 1 nitrogen and oxygen atoms in total. The number of allylic oxidation sites excluding steroid dienone is 1. The molecule has 2 rings (SSSR count). The molecular formula is C9H14O. The summed E-state index contributed by atoms with van der Waals surface area (Å²) in [7, 11) is 0. The van der Waals surface area contributed by atoms with Crippen molar-refractivity contribution in [2.24, 2.45) is 11.8 Å². The Hall–Kier alpha value is -0.300. The van der Waals surface area contributed by atoms with Crippen molar-refractivity contribution in [1.29, 1.82) is 0 Å². The van der Waals surface area contributed by atoms with Crippen LogP contribution in [-0.2, 0) is 0 Å². The average molecular weight is 138 g/mol. The third kappa shape index (κ3) is 0.807. The minimum Gasteiger partial charge on any atom is -0.386 e. The zero-order valence-electron chi connectivity index (χ0n) is 6.38. The van der Waals surface area contributed by atoms with Crippen molar-refractivity contribution >= 4 is 0 Å². The molecule has 56 valence electrons. The highest BCUT2D eigenvalue weighted by atomic mass is 16.3. The van der Waals surface area contributed by atoms with Crippen molar-refractivity contribution in [2.75, 3.05) is 0 Å². The predicted molar refractivity (Wildman–Crippen MR) is 40.6 cm³/mol. The van der Waals surface area contributed by atoms with Crippen molar-refractivity contribution < 1.29 is 5.11 Å². The third-order valence-electron chi connectivity index (χ3n) is 3.01. The van der Waals surface area contributed by atoms with Gasteiger partial charge in [-0.15, -0.1) is 0 Å². The van der Waals surface area contributed by atoms with E-state index in [2.05, 4.69) is 6.08 Å². The third-order valence-corrected chi connectivity index (χ3v) is 3.01. The normalized spacial score (nSPS) is 51.8. The van der Waals surface area contributed by atoms with Gasteiger partial charge in [0, 0.05) is 0 Å². The van der Waals surface area contributed by atoms with Crippen molar-refractivity contribution in [3.8, 4) is 0 Å². The minimum absolute atomic E-state index is 0.493. The molecule has 0 heterocycles. The summed E-state index contributed by atoms with van der Waals surface area (Å²) in [4.78, 5) is 0. The first-order valence-electron chi connectivity index (χ1n) is 4.10. The van der Waals surface area contributed by atoms with Gasteiger partial charge >= 0.3 is 0 Å². The van der Waals surface area contributed by atoms with Gasteiger partial charge in [-0.1, -0.05) is 12.2 Å². The lowest BCUT2D eigenvalue weighted by atomic mass is 9.83. The first-order chi connectivity index (χ1) is 4.68. The highest BCUT2D eigenvalue weighted by Crippen LogP contribution is 2.42. The largest absolute Gasteiger partial charge is 0.386 e. The summed E-state index contributed by atoms with van der Waals surface area (Å²) >= 11 is 0. The van der Waals surface area contributed by atoms with Gasteiger partial charge in [-0.2, -0.15) is 0 Å². The van der Waals surface area contributed by atoms with Gasteiger partial charge in [0.1, 0.15) is 0 Å². The summed E-state index contributed by atoms with van der Waals surface area (Å²) in [6.45, 7) is 1.93. The molecule has 1 saturated carbocycles. The maximum absolute atomic E-state index is 9.77. The van der Waals surface area contributed by atoms with E-state index in [1.165, 1.54) is 19.3 Å². The van der Waals surface area contributed by atoms with E-state index in [4.69, 9.17) is 0 Å². The van der Waals surface area contributed by atoms with Crippen molar-refractivity contribution in [1.82, 2.24) is 0 Å². The summed E-state index contributed by atoms with van der Waals surface area (Å²) < 4.78 is 0. The van der Waals surface area contributed by atoms with Crippen LogP contribution < -0.4 is 0 Å². The van der Waals surface area contributed by atoms with Gasteiger partial charge < -0.3 is 5.11 Å². The van der Waals surface area contributed by atoms with Gasteiger partial charge in [-0.3, -0.25) is 0 Å². The maximum Gasteiger partial charge on any atom is 0.0827 e. The Morgan fingerprint density at radius 3 is 3.00 bits per heavy atom. The van der Waals surface area contributed by atoms with E-state index >= 15 is 0 Å². The van der Waals surface area contributed by atoms with Crippen LogP contribution in [0.5, 0.6) is 0 Å². The zero-order valence-corrected chi connectivity index (χ0v) is 6.38. The highest BCUT2D eigenvalue weighted by Gasteiger charge is 2.38. The molecule has 0 saturated heterocycles. The molecule has 0 radical (unpaired) electrons. The first-order valence-corrected chi connectivity index (χ1v) is 4.10. The fraction of sp³-hybridized carbons (Fsp3) is 0.778. The lowest BCUT2D eigenvalue weighted by Gasteiger charge is -2.29. The molecule has 0 aromatic rings. The minimum atomic E-state index is -0.493. The van der Waals surface area contributed by atoms with Crippen molar-refractivity contribution in [3.63, 3.8) is 0 Å². The predicted octanol–water partition coefficient (Wildman–Crippen LogP) is 1.72. The molecule has 0 aromatic heterocycles. The summed E-state index contributed by atoms with van der Waals surface area (Å²) in [6, 6.07) is 0. The van der Waals surface area contributed by atoms with Crippen LogP contribution in [0.15, 0.2) is 12.2 Å². The standard InChI is InChI=1S/C9H14O/c1-9(10)5-4-7-2-3-8(9)6-7/h4-5,7-8,10H,2-3,6H2,1H3. The van der Waals surface area contributed by atoms with Gasteiger partial charge in [-0.25, -0.2) is 0 Å². The molecule has 0 amide bonds. The summed E-state index contributed by atoms with van der Waals surface area (Å²) in [5.74, 6) is 1.33. The molecule has 0 spiro atoms. The van der Waals surface area contributed by atoms with Crippen LogP contribution in [-0.4, -0.2) is 10.7 Å². The smallest absolute Gasteiger partial charge is 0.0827 e. The number of fused-ring (bicyclic) bond motifs is 2. The Bertz CT molecular complexity index is 170. The van der Waals surface area contributed by atoms with Gasteiger partial charge in [0.2, 0.25) is 0 Å². The fourth-order valence-electron chi connectivity index (χ4n) is 2.19. The second-order valence-corrected chi connectivity index (χ2v) is 3.85. The number of aliphatic hydroxyl groups is 1. The average Bonchev–Trinajstić information content (AvgIpc) is 2.26. The summed E-state index contributed by atoms with van der Waals surface area (Å²) in [5, 5.41) is 9.77. The zero-order chi connectivity index (χ0) is 7.19. The Kier molecular flexibility index (Phi) is 1.19. The Morgan fingerprint density at radius 2 is 2.30 bits per heavy atom. The fourth-order valence-corrected chi connectivity index (χ4v) is 2.19. The van der Waals surface area contributed by atoms with E-state index in [1.807, 2.05) is 13.0 Å². The number of rotatable bonds is 0. The molecule has 0 aliphatic heterocycles. The van der Waals surface area contributed by atoms with Crippen molar-refractivity contribution in [2.45, 2.75) is 31.8 Å². The number of hydrogen-bond donors (Lipinski definition) is 1. The van der Waals surface area contributed by atoms with Crippen molar-refractivity contribution in [3.05, 3.63) is 12.2 Å². The summed E-state index contributed by atoms with van der Waals surface area (Å²) in [6.07, 6.45) is 7.88. The molecule has 10 heavy (non-hydrogen) atoms. The van der Waals surface area contributed by atoms with Gasteiger partial charge in [-0.05, 0) is 38.0 Å². The Morgan fingerprint density at radius 1 is 1.50 bits per heavy atom. The van der Waals surface area contributed by atoms with E-state index in [1.54, 1.807) is 0 Å². The van der Waals surface area contributed by atoms with Crippen LogP contribution in [0.1, 0.15) is 26.2 Å². The molecule has 3 atom stereocenters. The van der Waals surface area contributed by atoms with Gasteiger partial charge in [0.15, 0.2) is 0 Å². The SMILES string of the molecule is CC1(O)C=CC2CCC1C2. The summed E-state index contributed by atoms with van der Waals surface area (Å²) in [5.41, 5.74) is -0.493. The molecular weight excluding hydrogens is 124 g/mol. The van der Waals surface area contributed by atoms with E-state index in [0.717, 1.165) is 5.92 Å². The molecule has 1 heteroatoms. The molecule has 1 fully saturated rings. The van der Waals surface area contributed by atoms with Crippen LogP contribution in [0, 0.1) is 11.8 Å². The molecule has 3 unspecified atom stereocenters. The highest BCUT2D eigenvalue weighted by molar-refractivity contribution is 5.12. The second kappa shape index (κ2) is 1.85. The lowest BCUT2D eigenvalue weighted by Crippen LogP contribution is -2.32.